The van der Waals surface area contributed by atoms with E-state index in [0.29, 0.717) is 0 Å². The summed E-state index contributed by atoms with van der Waals surface area (Å²) >= 11 is 0. The van der Waals surface area contributed by atoms with Gasteiger partial charge in [0.25, 0.3) is 0 Å². The molecule has 0 atom stereocenters. The summed E-state index contributed by atoms with van der Waals surface area (Å²) in [4.78, 5) is 26.9. The van der Waals surface area contributed by atoms with Gasteiger partial charge in [-0.1, -0.05) is 19.4 Å². The van der Waals surface area contributed by atoms with Crippen LogP contribution >= 0.6 is 0 Å². The van der Waals surface area contributed by atoms with Gasteiger partial charge in [0.05, 0.1) is 0 Å². The molecule has 0 saturated heterocycles. The molecule has 0 aromatic rings. The average molecular weight is 296 g/mol. The Morgan fingerprint density at radius 3 is 1.67 bits per heavy atom. The smallest absolute Gasteiger partial charge is 0.246 e. The zero-order valence-electron chi connectivity index (χ0n) is 14.4. The van der Waals surface area contributed by atoms with Crippen LogP contribution in [0, 0.1) is 0 Å². The fourth-order valence-corrected chi connectivity index (χ4v) is 2.44. The lowest BCUT2D eigenvalue weighted by molar-refractivity contribution is -0.130. The molecular weight excluding hydrogens is 264 g/mol. The highest BCUT2D eigenvalue weighted by Gasteiger charge is 2.14. The number of carbonyl (C=O) groups excluding carboxylic acids is 2. The van der Waals surface area contributed by atoms with Crippen LogP contribution in [0.4, 0.5) is 0 Å². The summed E-state index contributed by atoms with van der Waals surface area (Å²) in [6.07, 6.45) is 5.57. The Bertz CT molecular complexity index is 338. The molecule has 0 saturated carbocycles. The summed E-state index contributed by atoms with van der Waals surface area (Å²) in [6, 6.07) is 0.480. The maximum atomic E-state index is 11.7. The molecule has 21 heavy (non-hydrogen) atoms. The zero-order chi connectivity index (χ0) is 16.4. The lowest BCUT2D eigenvalue weighted by Gasteiger charge is -2.26. The van der Waals surface area contributed by atoms with Gasteiger partial charge in [0.2, 0.25) is 11.8 Å². The van der Waals surface area contributed by atoms with E-state index in [9.17, 15) is 9.59 Å². The maximum absolute atomic E-state index is 11.7. The van der Waals surface area contributed by atoms with E-state index in [1.807, 2.05) is 37.5 Å². The molecule has 0 radical (unpaired) electrons. The number of carbonyl (C=O) groups is 2. The highest BCUT2D eigenvalue weighted by Crippen LogP contribution is 2.08. The number of rotatable bonds is 10. The van der Waals surface area contributed by atoms with Gasteiger partial charge in [-0.25, -0.2) is 0 Å². The molecule has 0 rings (SSSR count). The van der Waals surface area contributed by atoms with Gasteiger partial charge in [0.1, 0.15) is 0 Å². The summed E-state index contributed by atoms with van der Waals surface area (Å²) in [5.41, 5.74) is 0. The summed E-state index contributed by atoms with van der Waals surface area (Å²) in [5, 5.41) is 0. The number of unbranched alkanes of at least 4 members (excludes halogenated alkanes) is 3. The summed E-state index contributed by atoms with van der Waals surface area (Å²) in [6.45, 7) is 14.9. The number of hydrogen-bond acceptors (Lipinski definition) is 2. The normalized spacial score (nSPS) is 10.8. The molecule has 122 valence electrons. The number of nitrogens with zero attached hydrogens (tertiary/aromatic N) is 2. The number of hydrogen-bond donors (Lipinski definition) is 0. The van der Waals surface area contributed by atoms with Crippen LogP contribution in [-0.4, -0.2) is 46.8 Å². The summed E-state index contributed by atoms with van der Waals surface area (Å²) in [7, 11) is 0. The van der Waals surface area contributed by atoms with Crippen LogP contribution in [0.15, 0.2) is 12.7 Å². The van der Waals surface area contributed by atoms with E-state index in [0.717, 1.165) is 38.8 Å². The van der Waals surface area contributed by atoms with E-state index in [1.165, 1.54) is 6.08 Å². The Kier molecular flexibility index (Phi) is 9.76. The summed E-state index contributed by atoms with van der Waals surface area (Å²) in [5.74, 6) is 0.153. The van der Waals surface area contributed by atoms with Crippen molar-refractivity contribution in [2.24, 2.45) is 0 Å². The second-order valence-electron chi connectivity index (χ2n) is 6.05. The molecule has 0 aliphatic carbocycles. The first-order chi connectivity index (χ1) is 9.81. The molecule has 0 spiro atoms. The van der Waals surface area contributed by atoms with Crippen molar-refractivity contribution < 1.29 is 9.59 Å². The minimum absolute atomic E-state index is 0.00700. The van der Waals surface area contributed by atoms with Gasteiger partial charge in [-0.2, -0.15) is 0 Å². The second-order valence-corrected chi connectivity index (χ2v) is 6.05. The van der Waals surface area contributed by atoms with Crippen molar-refractivity contribution in [2.75, 3.05) is 13.1 Å². The molecule has 0 aliphatic heterocycles. The third kappa shape index (κ3) is 7.88. The summed E-state index contributed by atoms with van der Waals surface area (Å²) < 4.78 is 0. The Balaban J connectivity index is 3.92. The van der Waals surface area contributed by atoms with Gasteiger partial charge in [0, 0.05) is 32.1 Å². The monoisotopic (exact) mass is 296 g/mol. The van der Waals surface area contributed by atoms with Gasteiger partial charge in [-0.3, -0.25) is 9.59 Å². The van der Waals surface area contributed by atoms with E-state index in [-0.39, 0.29) is 23.9 Å². The molecule has 0 unspecified atom stereocenters. The van der Waals surface area contributed by atoms with Crippen LogP contribution in [0.5, 0.6) is 0 Å². The molecule has 0 N–H and O–H groups in total. The molecule has 0 aromatic heterocycles. The average Bonchev–Trinajstić information content (AvgIpc) is 2.39. The fourth-order valence-electron chi connectivity index (χ4n) is 2.44. The van der Waals surface area contributed by atoms with Crippen LogP contribution in [0.3, 0.4) is 0 Å². The molecule has 4 nitrogen and oxygen atoms in total. The van der Waals surface area contributed by atoms with E-state index < -0.39 is 0 Å². The Hall–Kier alpha value is -1.32. The molecule has 2 amide bonds. The minimum atomic E-state index is 0.00700. The maximum Gasteiger partial charge on any atom is 0.246 e. The van der Waals surface area contributed by atoms with Crippen LogP contribution in [-0.2, 0) is 9.59 Å². The third-order valence-corrected chi connectivity index (χ3v) is 3.66. The van der Waals surface area contributed by atoms with Crippen LogP contribution < -0.4 is 0 Å². The van der Waals surface area contributed by atoms with Crippen LogP contribution in [0.1, 0.15) is 60.3 Å². The molecule has 0 aromatic carbocycles. The fraction of sp³-hybridized carbons (Fsp3) is 0.765. The van der Waals surface area contributed by atoms with Crippen molar-refractivity contribution in [2.45, 2.75) is 72.4 Å². The topological polar surface area (TPSA) is 40.6 Å². The quantitative estimate of drug-likeness (QED) is 0.459. The molecule has 0 fully saturated rings. The van der Waals surface area contributed by atoms with Crippen molar-refractivity contribution in [3.05, 3.63) is 12.7 Å². The van der Waals surface area contributed by atoms with Gasteiger partial charge in [0.15, 0.2) is 0 Å². The largest absolute Gasteiger partial charge is 0.341 e. The molecule has 4 heteroatoms. The van der Waals surface area contributed by atoms with Crippen molar-refractivity contribution in [1.82, 2.24) is 9.80 Å². The first-order valence-electron chi connectivity index (χ1n) is 8.01. The third-order valence-electron chi connectivity index (χ3n) is 3.66. The van der Waals surface area contributed by atoms with Crippen LogP contribution in [0.25, 0.3) is 0 Å². The van der Waals surface area contributed by atoms with E-state index in [1.54, 1.807) is 6.92 Å². The van der Waals surface area contributed by atoms with E-state index in [4.69, 9.17) is 0 Å². The van der Waals surface area contributed by atoms with Gasteiger partial charge >= 0.3 is 0 Å². The van der Waals surface area contributed by atoms with Crippen molar-refractivity contribution in [3.8, 4) is 0 Å². The lowest BCUT2D eigenvalue weighted by Crippen LogP contribution is -2.36. The zero-order valence-corrected chi connectivity index (χ0v) is 14.4. The minimum Gasteiger partial charge on any atom is -0.341 e. The predicted molar refractivity (Wildman–Crippen MR) is 88.0 cm³/mol. The van der Waals surface area contributed by atoms with Crippen LogP contribution in [0.2, 0.25) is 0 Å². The Morgan fingerprint density at radius 2 is 1.33 bits per heavy atom. The van der Waals surface area contributed by atoms with E-state index >= 15 is 0 Å². The SMILES string of the molecule is C=CC(=O)N(CCCCCCN(C(C)=O)C(C)C)C(C)C. The second kappa shape index (κ2) is 10.4. The van der Waals surface area contributed by atoms with Crippen molar-refractivity contribution >= 4 is 11.8 Å². The Labute approximate surface area is 130 Å². The molecular formula is C17H32N2O2. The predicted octanol–water partition coefficient (Wildman–Crippen LogP) is 3.23. The van der Waals surface area contributed by atoms with Gasteiger partial charge < -0.3 is 9.80 Å². The van der Waals surface area contributed by atoms with Crippen molar-refractivity contribution in [1.29, 1.82) is 0 Å². The highest BCUT2D eigenvalue weighted by molar-refractivity contribution is 5.87. The lowest BCUT2D eigenvalue weighted by atomic mass is 10.1. The molecule has 0 bridgehead atoms. The van der Waals surface area contributed by atoms with E-state index in [2.05, 4.69) is 6.58 Å². The first-order valence-corrected chi connectivity index (χ1v) is 8.01. The first kappa shape index (κ1) is 19.7. The van der Waals surface area contributed by atoms with Gasteiger partial charge in [-0.15, -0.1) is 0 Å². The standard InChI is InChI=1S/C17H32N2O2/c1-7-17(21)19(15(4)5)13-11-9-8-10-12-18(14(2)3)16(6)20/h7,14-15H,1,8-13H2,2-6H3. The highest BCUT2D eigenvalue weighted by atomic mass is 16.2. The Morgan fingerprint density at radius 1 is 0.905 bits per heavy atom. The molecule has 0 aliphatic rings. The van der Waals surface area contributed by atoms with Crippen molar-refractivity contribution in [3.63, 3.8) is 0 Å². The molecule has 0 heterocycles. The van der Waals surface area contributed by atoms with Gasteiger partial charge in [-0.05, 0) is 46.6 Å². The number of amides is 2.